The third kappa shape index (κ3) is 5.83. The molecule has 0 aliphatic carbocycles. The highest BCUT2D eigenvalue weighted by molar-refractivity contribution is 7.80. The van der Waals surface area contributed by atoms with E-state index in [1.165, 1.54) is 6.07 Å². The Bertz CT molecular complexity index is 1300. The summed E-state index contributed by atoms with van der Waals surface area (Å²) in [5.41, 5.74) is 2.80. The van der Waals surface area contributed by atoms with Gasteiger partial charge in [-0.1, -0.05) is 46.9 Å². The number of thiocarbonyl (C=S) groups is 1. The minimum absolute atomic E-state index is 0.208. The second-order valence-corrected chi connectivity index (χ2v) is 8.93. The normalized spacial score (nSPS) is 10.9. The van der Waals surface area contributed by atoms with Crippen molar-refractivity contribution in [2.75, 3.05) is 10.6 Å². The first-order valence-electron chi connectivity index (χ1n) is 9.80. The first-order valence-corrected chi connectivity index (χ1v) is 11.3. The summed E-state index contributed by atoms with van der Waals surface area (Å²) in [7, 11) is 0. The van der Waals surface area contributed by atoms with Crippen LogP contribution < -0.4 is 10.6 Å². The average molecular weight is 524 g/mol. The van der Waals surface area contributed by atoms with Crippen LogP contribution in [0.2, 0.25) is 15.1 Å². The maximum atomic E-state index is 14.1. The number of nitrogens with zero attached hydrogens (tertiary/aromatic N) is 4. The average Bonchev–Trinajstić information content (AvgIpc) is 3.32. The molecule has 0 bridgehead atoms. The number of nitrogens with one attached hydrogen (secondary N) is 2. The van der Waals surface area contributed by atoms with Crippen molar-refractivity contribution in [1.82, 2.24) is 19.6 Å². The standard InChI is InChI=1S/C22H18Cl3FN6S/c1-13-7-21(30-32(13)12-17-18(24)3-2-4-20(17)26)29-22(33)28-16-9-27-31(11-16)10-14-5-6-15(23)8-19(14)25/h2-9,11H,10,12H2,1H3,(H2,28,29,30,33). The Morgan fingerprint density at radius 3 is 2.64 bits per heavy atom. The molecule has 2 aromatic heterocycles. The second-order valence-electron chi connectivity index (χ2n) is 7.27. The molecule has 6 nitrogen and oxygen atoms in total. The van der Waals surface area contributed by atoms with E-state index in [4.69, 9.17) is 47.0 Å². The van der Waals surface area contributed by atoms with Gasteiger partial charge in [-0.05, 0) is 49.0 Å². The van der Waals surface area contributed by atoms with Gasteiger partial charge < -0.3 is 10.6 Å². The monoisotopic (exact) mass is 522 g/mol. The first-order chi connectivity index (χ1) is 15.8. The Kier molecular flexibility index (Phi) is 7.19. The summed E-state index contributed by atoms with van der Waals surface area (Å²) in [6.45, 7) is 2.56. The SMILES string of the molecule is Cc1cc(NC(=S)Nc2cnn(Cc3ccc(Cl)cc3Cl)c2)nn1Cc1c(F)cccc1Cl. The molecule has 0 spiro atoms. The number of benzene rings is 2. The maximum Gasteiger partial charge on any atom is 0.176 e. The fraction of sp³-hybridized carbons (Fsp3) is 0.136. The van der Waals surface area contributed by atoms with Crippen molar-refractivity contribution in [2.24, 2.45) is 0 Å². The van der Waals surface area contributed by atoms with E-state index in [2.05, 4.69) is 20.8 Å². The number of anilines is 2. The Labute approximate surface area is 210 Å². The summed E-state index contributed by atoms with van der Waals surface area (Å²) in [5.74, 6) is 0.152. The van der Waals surface area contributed by atoms with Crippen LogP contribution in [-0.2, 0) is 13.1 Å². The summed E-state index contributed by atoms with van der Waals surface area (Å²) >= 11 is 23.7. The molecule has 0 radical (unpaired) electrons. The number of hydrogen-bond acceptors (Lipinski definition) is 3. The Hall–Kier alpha value is -2.65. The molecule has 0 unspecified atom stereocenters. The molecule has 0 atom stereocenters. The molecule has 2 N–H and O–H groups in total. The highest BCUT2D eigenvalue weighted by Crippen LogP contribution is 2.23. The third-order valence-corrected chi connectivity index (χ3v) is 5.98. The van der Waals surface area contributed by atoms with E-state index < -0.39 is 0 Å². The number of aromatic nitrogens is 4. The number of rotatable bonds is 6. The lowest BCUT2D eigenvalue weighted by molar-refractivity contribution is 0.581. The van der Waals surface area contributed by atoms with Gasteiger partial charge in [-0.25, -0.2) is 4.39 Å². The summed E-state index contributed by atoms with van der Waals surface area (Å²) in [6.07, 6.45) is 3.46. The van der Waals surface area contributed by atoms with Gasteiger partial charge in [0.05, 0.1) is 25.0 Å². The minimum atomic E-state index is -0.374. The predicted octanol–water partition coefficient (Wildman–Crippen LogP) is 6.39. The van der Waals surface area contributed by atoms with Crippen LogP contribution in [0.25, 0.3) is 0 Å². The summed E-state index contributed by atoms with van der Waals surface area (Å²) < 4.78 is 17.5. The minimum Gasteiger partial charge on any atom is -0.330 e. The molecule has 0 aliphatic rings. The van der Waals surface area contributed by atoms with Gasteiger partial charge in [-0.15, -0.1) is 0 Å². The van der Waals surface area contributed by atoms with Gasteiger partial charge >= 0.3 is 0 Å². The van der Waals surface area contributed by atoms with Crippen molar-refractivity contribution in [3.05, 3.63) is 92.6 Å². The molecular weight excluding hydrogens is 506 g/mol. The lowest BCUT2D eigenvalue weighted by Gasteiger charge is -2.08. The zero-order chi connectivity index (χ0) is 23.5. The van der Waals surface area contributed by atoms with E-state index in [1.807, 2.05) is 25.3 Å². The van der Waals surface area contributed by atoms with Crippen molar-refractivity contribution >= 4 is 63.6 Å². The van der Waals surface area contributed by atoms with E-state index >= 15 is 0 Å². The van der Waals surface area contributed by atoms with Gasteiger partial charge in [0.2, 0.25) is 0 Å². The molecule has 0 fully saturated rings. The summed E-state index contributed by atoms with van der Waals surface area (Å²) in [5, 5.41) is 16.7. The molecule has 0 amide bonds. The highest BCUT2D eigenvalue weighted by atomic mass is 35.5. The fourth-order valence-electron chi connectivity index (χ4n) is 3.18. The highest BCUT2D eigenvalue weighted by Gasteiger charge is 2.12. The molecule has 0 aliphatic heterocycles. The molecule has 0 saturated carbocycles. The van der Waals surface area contributed by atoms with Crippen LogP contribution in [-0.4, -0.2) is 24.7 Å². The van der Waals surface area contributed by atoms with Crippen LogP contribution in [0.15, 0.2) is 54.9 Å². The van der Waals surface area contributed by atoms with E-state index in [0.717, 1.165) is 11.3 Å². The van der Waals surface area contributed by atoms with E-state index in [1.54, 1.807) is 39.8 Å². The molecule has 33 heavy (non-hydrogen) atoms. The van der Waals surface area contributed by atoms with Crippen LogP contribution in [0.3, 0.4) is 0 Å². The van der Waals surface area contributed by atoms with Crippen LogP contribution in [0.1, 0.15) is 16.8 Å². The Morgan fingerprint density at radius 1 is 1.06 bits per heavy atom. The lowest BCUT2D eigenvalue weighted by Crippen LogP contribution is -2.19. The molecule has 170 valence electrons. The molecule has 2 heterocycles. The number of halogens is 4. The summed E-state index contributed by atoms with van der Waals surface area (Å²) in [4.78, 5) is 0. The second kappa shape index (κ2) is 10.1. The molecular formula is C22H18Cl3FN6S. The van der Waals surface area contributed by atoms with Crippen LogP contribution in [0, 0.1) is 12.7 Å². The topological polar surface area (TPSA) is 59.7 Å². The van der Waals surface area contributed by atoms with Crippen molar-refractivity contribution in [2.45, 2.75) is 20.0 Å². The fourth-order valence-corrected chi connectivity index (χ4v) is 4.10. The molecule has 11 heteroatoms. The van der Waals surface area contributed by atoms with Gasteiger partial charge in [0.15, 0.2) is 10.9 Å². The van der Waals surface area contributed by atoms with E-state index in [0.29, 0.717) is 43.8 Å². The van der Waals surface area contributed by atoms with Gasteiger partial charge in [0.25, 0.3) is 0 Å². The number of hydrogen-bond donors (Lipinski definition) is 2. The maximum absolute atomic E-state index is 14.1. The zero-order valence-corrected chi connectivity index (χ0v) is 20.4. The lowest BCUT2D eigenvalue weighted by atomic mass is 10.2. The van der Waals surface area contributed by atoms with Crippen molar-refractivity contribution < 1.29 is 4.39 Å². The van der Waals surface area contributed by atoms with E-state index in [-0.39, 0.29) is 12.4 Å². The first kappa shape index (κ1) is 23.5. The van der Waals surface area contributed by atoms with Crippen molar-refractivity contribution in [3.8, 4) is 0 Å². The zero-order valence-electron chi connectivity index (χ0n) is 17.3. The summed E-state index contributed by atoms with van der Waals surface area (Å²) in [6, 6.07) is 11.7. The van der Waals surface area contributed by atoms with E-state index in [9.17, 15) is 4.39 Å². The van der Waals surface area contributed by atoms with Gasteiger partial charge in [-0.3, -0.25) is 9.36 Å². The molecule has 4 rings (SSSR count). The molecule has 2 aromatic carbocycles. The van der Waals surface area contributed by atoms with Crippen molar-refractivity contribution in [3.63, 3.8) is 0 Å². The van der Waals surface area contributed by atoms with Gasteiger partial charge in [0.1, 0.15) is 5.82 Å². The van der Waals surface area contributed by atoms with Gasteiger partial charge in [0, 0.05) is 38.6 Å². The smallest absolute Gasteiger partial charge is 0.176 e. The predicted molar refractivity (Wildman–Crippen MR) is 135 cm³/mol. The Balaban J connectivity index is 1.38. The van der Waals surface area contributed by atoms with Crippen molar-refractivity contribution in [1.29, 1.82) is 0 Å². The van der Waals surface area contributed by atoms with Crippen LogP contribution in [0.4, 0.5) is 15.9 Å². The third-order valence-electron chi connectivity index (χ3n) is 4.83. The number of aryl methyl sites for hydroxylation is 1. The largest absolute Gasteiger partial charge is 0.330 e. The Morgan fingerprint density at radius 2 is 1.88 bits per heavy atom. The van der Waals surface area contributed by atoms with Crippen LogP contribution >= 0.6 is 47.0 Å². The molecule has 0 saturated heterocycles. The molecule has 4 aromatic rings. The van der Waals surface area contributed by atoms with Gasteiger partial charge in [-0.2, -0.15) is 10.2 Å². The quantitative estimate of drug-likeness (QED) is 0.287. The van der Waals surface area contributed by atoms with Crippen LogP contribution in [0.5, 0.6) is 0 Å².